The standard InChI is InChI=1S/C14H23N3O3S2/c18-22(19,17-8-10-20-11-9-17)14-2-1-6-16(12-14)7-4-13-3-5-15-21-13/h3,5,14H,1-2,4,6-12H2. The van der Waals surface area contributed by atoms with Crippen molar-refractivity contribution in [1.29, 1.82) is 0 Å². The largest absolute Gasteiger partial charge is 0.379 e. The van der Waals surface area contributed by atoms with Gasteiger partial charge in [-0.1, -0.05) is 0 Å². The van der Waals surface area contributed by atoms with Gasteiger partial charge in [-0.25, -0.2) is 12.8 Å². The average molecular weight is 345 g/mol. The van der Waals surface area contributed by atoms with Gasteiger partial charge in [0.05, 0.1) is 18.5 Å². The van der Waals surface area contributed by atoms with Crippen molar-refractivity contribution in [3.8, 4) is 0 Å². The second kappa shape index (κ2) is 7.35. The summed E-state index contributed by atoms with van der Waals surface area (Å²) < 4.78 is 36.5. The first-order valence-electron chi connectivity index (χ1n) is 7.85. The molecular formula is C14H23N3O3S2. The van der Waals surface area contributed by atoms with E-state index in [0.717, 1.165) is 32.4 Å². The molecule has 1 atom stereocenters. The highest BCUT2D eigenvalue weighted by Crippen LogP contribution is 2.21. The molecular weight excluding hydrogens is 322 g/mol. The third-order valence-corrected chi connectivity index (χ3v) is 7.49. The van der Waals surface area contributed by atoms with Gasteiger partial charge in [-0.3, -0.25) is 0 Å². The van der Waals surface area contributed by atoms with Crippen LogP contribution < -0.4 is 0 Å². The molecule has 1 aromatic rings. The topological polar surface area (TPSA) is 62.7 Å². The summed E-state index contributed by atoms with van der Waals surface area (Å²) in [6, 6.07) is 2.04. The fourth-order valence-electron chi connectivity index (χ4n) is 3.11. The molecule has 0 aliphatic carbocycles. The lowest BCUT2D eigenvalue weighted by molar-refractivity contribution is 0.0719. The van der Waals surface area contributed by atoms with E-state index in [1.165, 1.54) is 16.4 Å². The summed E-state index contributed by atoms with van der Waals surface area (Å²) in [7, 11) is -3.19. The number of morpholine rings is 1. The zero-order valence-electron chi connectivity index (χ0n) is 12.7. The Balaban J connectivity index is 1.57. The molecule has 2 aliphatic rings. The van der Waals surface area contributed by atoms with E-state index in [4.69, 9.17) is 4.74 Å². The highest BCUT2D eigenvalue weighted by molar-refractivity contribution is 7.89. The molecule has 3 rings (SSSR count). The minimum Gasteiger partial charge on any atom is -0.379 e. The van der Waals surface area contributed by atoms with Gasteiger partial charge in [-0.15, -0.1) is 0 Å². The maximum Gasteiger partial charge on any atom is 0.218 e. The van der Waals surface area contributed by atoms with Crippen molar-refractivity contribution < 1.29 is 13.2 Å². The normalized spacial score (nSPS) is 25.4. The summed E-state index contributed by atoms with van der Waals surface area (Å²) in [6.07, 6.45) is 4.50. The van der Waals surface area contributed by atoms with Crippen molar-refractivity contribution in [2.45, 2.75) is 24.5 Å². The van der Waals surface area contributed by atoms with Gasteiger partial charge < -0.3 is 9.64 Å². The van der Waals surface area contributed by atoms with Crippen LogP contribution >= 0.6 is 11.5 Å². The summed E-state index contributed by atoms with van der Waals surface area (Å²) in [4.78, 5) is 3.55. The fraction of sp³-hybridized carbons (Fsp3) is 0.786. The molecule has 0 spiro atoms. The van der Waals surface area contributed by atoms with E-state index in [0.29, 0.717) is 32.8 Å². The number of piperidine rings is 1. The molecule has 2 fully saturated rings. The van der Waals surface area contributed by atoms with Crippen molar-refractivity contribution in [3.63, 3.8) is 0 Å². The number of aromatic nitrogens is 1. The Kier molecular flexibility index (Phi) is 5.46. The Morgan fingerprint density at radius 2 is 2.14 bits per heavy atom. The van der Waals surface area contributed by atoms with Crippen LogP contribution in [0.15, 0.2) is 12.3 Å². The summed E-state index contributed by atoms with van der Waals surface area (Å²) in [6.45, 7) is 4.59. The Hall–Kier alpha value is -0.540. The van der Waals surface area contributed by atoms with Crippen LogP contribution in [0.2, 0.25) is 0 Å². The van der Waals surface area contributed by atoms with Gasteiger partial charge >= 0.3 is 0 Å². The van der Waals surface area contributed by atoms with E-state index in [-0.39, 0.29) is 5.25 Å². The van der Waals surface area contributed by atoms with Gasteiger partial charge in [-0.05, 0) is 43.4 Å². The summed E-state index contributed by atoms with van der Waals surface area (Å²) in [5.74, 6) is 0. The highest BCUT2D eigenvalue weighted by Gasteiger charge is 2.35. The monoisotopic (exact) mass is 345 g/mol. The maximum atomic E-state index is 12.8. The number of likely N-dealkylation sites (tertiary alicyclic amines) is 1. The number of hydrogen-bond donors (Lipinski definition) is 0. The Morgan fingerprint density at radius 1 is 1.32 bits per heavy atom. The third kappa shape index (κ3) is 3.86. The molecule has 22 heavy (non-hydrogen) atoms. The van der Waals surface area contributed by atoms with Crippen molar-refractivity contribution in [3.05, 3.63) is 17.1 Å². The fourth-order valence-corrected chi connectivity index (χ4v) is 5.62. The summed E-state index contributed by atoms with van der Waals surface area (Å²) in [5, 5.41) is -0.263. The second-order valence-corrected chi connectivity index (χ2v) is 8.98. The summed E-state index contributed by atoms with van der Waals surface area (Å²) >= 11 is 1.52. The lowest BCUT2D eigenvalue weighted by Crippen LogP contribution is -2.51. The summed E-state index contributed by atoms with van der Waals surface area (Å²) in [5.41, 5.74) is 0. The van der Waals surface area contributed by atoms with E-state index in [9.17, 15) is 8.42 Å². The molecule has 1 unspecified atom stereocenters. The first kappa shape index (κ1) is 16.3. The van der Waals surface area contributed by atoms with Gasteiger partial charge in [0.2, 0.25) is 10.0 Å². The molecule has 3 heterocycles. The average Bonchev–Trinajstić information content (AvgIpc) is 3.07. The highest BCUT2D eigenvalue weighted by atomic mass is 32.2. The molecule has 8 heteroatoms. The van der Waals surface area contributed by atoms with Crippen LogP contribution in [0.1, 0.15) is 17.7 Å². The predicted octanol–water partition coefficient (Wildman–Crippen LogP) is 0.812. The lowest BCUT2D eigenvalue weighted by Gasteiger charge is -2.36. The number of sulfonamides is 1. The molecule has 0 N–H and O–H groups in total. The Labute approximate surface area is 136 Å². The van der Waals surface area contributed by atoms with E-state index in [2.05, 4.69) is 9.27 Å². The van der Waals surface area contributed by atoms with Gasteiger partial charge in [0, 0.05) is 37.3 Å². The number of ether oxygens (including phenoxy) is 1. The first-order valence-corrected chi connectivity index (χ1v) is 10.1. The smallest absolute Gasteiger partial charge is 0.218 e. The molecule has 0 bridgehead atoms. The molecule has 2 saturated heterocycles. The van der Waals surface area contributed by atoms with E-state index < -0.39 is 10.0 Å². The second-order valence-electron chi connectivity index (χ2n) is 5.85. The first-order chi connectivity index (χ1) is 10.7. The number of hydrogen-bond acceptors (Lipinski definition) is 6. The molecule has 124 valence electrons. The minimum absolute atomic E-state index is 0.263. The van der Waals surface area contributed by atoms with Gasteiger partial charge in [0.15, 0.2) is 0 Å². The number of rotatable bonds is 5. The van der Waals surface area contributed by atoms with Gasteiger partial charge in [0.1, 0.15) is 0 Å². The van der Waals surface area contributed by atoms with E-state index in [1.54, 1.807) is 4.31 Å². The van der Waals surface area contributed by atoms with Crippen molar-refractivity contribution in [2.24, 2.45) is 0 Å². The quantitative estimate of drug-likeness (QED) is 0.790. The SMILES string of the molecule is O=S(=O)(C1CCCN(CCc2ccns2)C1)N1CCOCC1. The Bertz CT molecular complexity index is 556. The zero-order valence-corrected chi connectivity index (χ0v) is 14.3. The Morgan fingerprint density at radius 3 is 2.86 bits per heavy atom. The number of nitrogens with zero attached hydrogens (tertiary/aromatic N) is 3. The molecule has 2 aliphatic heterocycles. The molecule has 6 nitrogen and oxygen atoms in total. The van der Waals surface area contributed by atoms with Crippen LogP contribution in [-0.2, 0) is 21.2 Å². The molecule has 0 radical (unpaired) electrons. The zero-order chi connectivity index (χ0) is 15.4. The van der Waals surface area contributed by atoms with Crippen LogP contribution in [0.5, 0.6) is 0 Å². The molecule has 0 saturated carbocycles. The molecule has 0 amide bonds. The van der Waals surface area contributed by atoms with E-state index in [1.807, 2.05) is 12.3 Å². The van der Waals surface area contributed by atoms with E-state index >= 15 is 0 Å². The van der Waals surface area contributed by atoms with Crippen molar-refractivity contribution >= 4 is 21.6 Å². The van der Waals surface area contributed by atoms with Crippen LogP contribution in [0.3, 0.4) is 0 Å². The minimum atomic E-state index is -3.19. The predicted molar refractivity (Wildman–Crippen MR) is 86.6 cm³/mol. The van der Waals surface area contributed by atoms with Gasteiger partial charge in [-0.2, -0.15) is 4.31 Å². The van der Waals surface area contributed by atoms with Crippen LogP contribution in [0.25, 0.3) is 0 Å². The van der Waals surface area contributed by atoms with Crippen LogP contribution in [0.4, 0.5) is 0 Å². The van der Waals surface area contributed by atoms with Crippen LogP contribution in [0, 0.1) is 0 Å². The molecule has 0 aromatic carbocycles. The third-order valence-electron chi connectivity index (χ3n) is 4.38. The van der Waals surface area contributed by atoms with Crippen molar-refractivity contribution in [1.82, 2.24) is 13.6 Å². The van der Waals surface area contributed by atoms with Gasteiger partial charge in [0.25, 0.3) is 0 Å². The molecule has 1 aromatic heterocycles. The van der Waals surface area contributed by atoms with Crippen molar-refractivity contribution in [2.75, 3.05) is 45.9 Å². The maximum absolute atomic E-state index is 12.8. The lowest BCUT2D eigenvalue weighted by atomic mass is 10.1. The van der Waals surface area contributed by atoms with Crippen LogP contribution in [-0.4, -0.2) is 73.2 Å².